The molecule has 1 heterocycles. The SMILES string of the molecule is COC(=O)CCC(C)(C)SSCCNC(=O)CCC(CCC(=O)NCCCSSC(C)(C)CCC(C)=O)(CCC(=O)NCCSSC(C)(C)CCC(=O)O)NCCCC(=O)NCCC(=O)ON1C(=O)CCC1=O. The van der Waals surface area contributed by atoms with Gasteiger partial charge in [-0.3, -0.25) is 38.4 Å². The number of nitrogens with one attached hydrogen (secondary N) is 5. The van der Waals surface area contributed by atoms with Crippen molar-refractivity contribution in [3.8, 4) is 0 Å². The summed E-state index contributed by atoms with van der Waals surface area (Å²) in [6.45, 7) is 15.3. The van der Waals surface area contributed by atoms with Gasteiger partial charge < -0.3 is 46.1 Å². The lowest BCUT2D eigenvalue weighted by molar-refractivity contribution is -0.197. The lowest BCUT2D eigenvalue weighted by Gasteiger charge is -2.35. The third-order valence-electron chi connectivity index (χ3n) is 11.2. The smallest absolute Gasteiger partial charge is 0.334 e. The maximum Gasteiger partial charge on any atom is 0.334 e. The van der Waals surface area contributed by atoms with Crippen LogP contribution in [-0.4, -0.2) is 146 Å². The van der Waals surface area contributed by atoms with Crippen molar-refractivity contribution >= 4 is 124 Å². The van der Waals surface area contributed by atoms with Gasteiger partial charge in [-0.05, 0) is 106 Å². The monoisotopic (exact) mass is 1140 g/mol. The van der Waals surface area contributed by atoms with Gasteiger partial charge in [0.15, 0.2) is 0 Å². The average molecular weight is 1140 g/mol. The van der Waals surface area contributed by atoms with Crippen LogP contribution in [0.1, 0.15) is 164 Å². The molecule has 0 saturated carbocycles. The van der Waals surface area contributed by atoms with Crippen LogP contribution >= 0.6 is 64.8 Å². The molecule has 0 spiro atoms. The number of imide groups is 1. The third-order valence-corrected chi connectivity index (χ3v) is 21.3. The first-order valence-electron chi connectivity index (χ1n) is 24.9. The Bertz CT molecular complexity index is 1790. The zero-order chi connectivity index (χ0) is 54.9. The van der Waals surface area contributed by atoms with Gasteiger partial charge in [0, 0.05) is 121 Å². The van der Waals surface area contributed by atoms with E-state index in [0.29, 0.717) is 74.9 Å². The first-order valence-corrected chi connectivity index (χ1v) is 31.8. The molecule has 25 heteroatoms. The Morgan fingerprint density at radius 1 is 0.521 bits per heavy atom. The standard InChI is InChI=1S/C48H82N6O13S6/c1-35(55)14-21-45(2,3)71-68-32-10-27-49-37(57)15-24-48(25-16-38(58)51-30-33-69-72-46(4,5)22-18-42(62)63,26-17-39(59)52-31-34-70-73-47(6,7)23-19-43(64)66-8)53-28-9-11-36(56)50-29-20-44(65)67-54-40(60)12-13-41(54)61/h53H,9-34H2,1-8H3,(H,49,57)(H,50,56)(H,51,58)(H,52,59)(H,62,63). The Kier molecular flexibility index (Phi) is 34.6. The van der Waals surface area contributed by atoms with Crippen LogP contribution in [0.2, 0.25) is 0 Å². The van der Waals surface area contributed by atoms with E-state index in [1.165, 1.54) is 7.11 Å². The third kappa shape index (κ3) is 35.2. The van der Waals surface area contributed by atoms with E-state index >= 15 is 0 Å². The van der Waals surface area contributed by atoms with Crippen molar-refractivity contribution in [2.45, 2.75) is 184 Å². The van der Waals surface area contributed by atoms with E-state index in [-0.39, 0.29) is 127 Å². The summed E-state index contributed by atoms with van der Waals surface area (Å²) >= 11 is 0. The van der Waals surface area contributed by atoms with Crippen molar-refractivity contribution in [3.63, 3.8) is 0 Å². The summed E-state index contributed by atoms with van der Waals surface area (Å²) in [6, 6.07) is 0. The first kappa shape index (κ1) is 68.2. The van der Waals surface area contributed by atoms with Gasteiger partial charge in [0.1, 0.15) is 5.78 Å². The Labute approximate surface area is 456 Å². The number of carbonyl (C=O) groups is 10. The molecule has 73 heavy (non-hydrogen) atoms. The molecule has 6 N–H and O–H groups in total. The molecule has 0 aromatic rings. The molecule has 418 valence electrons. The highest BCUT2D eigenvalue weighted by Crippen LogP contribution is 2.40. The number of esters is 1. The van der Waals surface area contributed by atoms with Gasteiger partial charge >= 0.3 is 17.9 Å². The number of hydrogen-bond donors (Lipinski definition) is 6. The van der Waals surface area contributed by atoms with Gasteiger partial charge in [0.25, 0.3) is 11.8 Å². The quantitative estimate of drug-likeness (QED) is 0.0156. The van der Waals surface area contributed by atoms with Crippen molar-refractivity contribution in [1.29, 1.82) is 0 Å². The van der Waals surface area contributed by atoms with Crippen LogP contribution in [0.3, 0.4) is 0 Å². The average Bonchev–Trinajstić information content (AvgIpc) is 3.64. The van der Waals surface area contributed by atoms with Crippen molar-refractivity contribution in [2.75, 3.05) is 57.1 Å². The summed E-state index contributed by atoms with van der Waals surface area (Å²) in [5.41, 5.74) is -0.873. The highest BCUT2D eigenvalue weighted by molar-refractivity contribution is 8.77. The second-order valence-corrected chi connectivity index (χ2v) is 28.9. The summed E-state index contributed by atoms with van der Waals surface area (Å²) in [6.07, 6.45) is 4.74. The number of nitrogens with zero attached hydrogens (tertiary/aromatic N) is 1. The fourth-order valence-electron chi connectivity index (χ4n) is 6.71. The molecule has 1 unspecified atom stereocenters. The number of methoxy groups -OCH3 is 1. The van der Waals surface area contributed by atoms with Gasteiger partial charge in [-0.1, -0.05) is 64.8 Å². The number of hydrogen-bond acceptors (Lipinski definition) is 19. The van der Waals surface area contributed by atoms with Crippen LogP contribution in [-0.2, 0) is 57.5 Å². The maximum absolute atomic E-state index is 13.4. The Morgan fingerprint density at radius 2 is 0.959 bits per heavy atom. The number of Topliss-reactive ketones (excluding diaryl/α,β-unsaturated/α-hetero) is 1. The van der Waals surface area contributed by atoms with E-state index in [1.807, 2.05) is 27.7 Å². The molecule has 1 saturated heterocycles. The van der Waals surface area contributed by atoms with E-state index in [9.17, 15) is 47.9 Å². The Balaban J connectivity index is 3.05. The zero-order valence-corrected chi connectivity index (χ0v) is 49.0. The first-order chi connectivity index (χ1) is 34.3. The van der Waals surface area contributed by atoms with Crippen LogP contribution in [0.25, 0.3) is 0 Å². The number of rotatable bonds is 43. The zero-order valence-electron chi connectivity index (χ0n) is 44.1. The molecule has 1 fully saturated rings. The highest BCUT2D eigenvalue weighted by Gasteiger charge is 2.34. The normalized spacial score (nSPS) is 13.8. The predicted molar refractivity (Wildman–Crippen MR) is 297 cm³/mol. The van der Waals surface area contributed by atoms with Crippen LogP contribution in [0.15, 0.2) is 0 Å². The molecular formula is C48H82N6O13S6. The van der Waals surface area contributed by atoms with Gasteiger partial charge in [-0.25, -0.2) is 4.79 Å². The van der Waals surface area contributed by atoms with Crippen LogP contribution < -0.4 is 26.6 Å². The minimum absolute atomic E-state index is 0.0352. The summed E-state index contributed by atoms with van der Waals surface area (Å²) in [7, 11) is 11.1. The maximum atomic E-state index is 13.4. The second-order valence-electron chi connectivity index (χ2n) is 19.5. The molecule has 1 rings (SSSR count). The van der Waals surface area contributed by atoms with E-state index in [2.05, 4.69) is 40.4 Å². The predicted octanol–water partition coefficient (Wildman–Crippen LogP) is 6.96. The lowest BCUT2D eigenvalue weighted by Crippen LogP contribution is -2.48. The molecule has 1 aliphatic rings. The van der Waals surface area contributed by atoms with E-state index in [1.54, 1.807) is 71.7 Å². The van der Waals surface area contributed by atoms with Crippen LogP contribution in [0, 0.1) is 0 Å². The number of aliphatic carboxylic acids is 1. The topological polar surface area (TPSA) is 273 Å². The molecule has 0 bridgehead atoms. The summed E-state index contributed by atoms with van der Waals surface area (Å²) < 4.78 is 4.25. The van der Waals surface area contributed by atoms with Crippen molar-refractivity contribution in [1.82, 2.24) is 31.6 Å². The minimum atomic E-state index is -0.873. The fraction of sp³-hybridized carbons (Fsp3) is 0.792. The summed E-state index contributed by atoms with van der Waals surface area (Å²) in [4.78, 5) is 128. The van der Waals surface area contributed by atoms with Gasteiger partial charge in [0.2, 0.25) is 23.6 Å². The fourth-order valence-corrected chi connectivity index (χ4v) is 14.3. The number of hydroxylamine groups is 2. The van der Waals surface area contributed by atoms with Gasteiger partial charge in [-0.15, -0.1) is 5.06 Å². The molecule has 19 nitrogen and oxygen atoms in total. The molecule has 0 aromatic carbocycles. The number of ether oxygens (including phenoxy) is 1. The molecule has 1 aliphatic heterocycles. The largest absolute Gasteiger partial charge is 0.481 e. The second kappa shape index (κ2) is 37.0. The molecule has 1 atom stereocenters. The molecule has 0 radical (unpaired) electrons. The van der Waals surface area contributed by atoms with Crippen molar-refractivity contribution < 1.29 is 62.6 Å². The summed E-state index contributed by atoms with van der Waals surface area (Å²) in [5.74, 6) is -1.93. The number of amides is 6. The number of carboxylic acid groups (broad SMARTS) is 1. The lowest BCUT2D eigenvalue weighted by atomic mass is 9.83. The Hall–Kier alpha value is -2.84. The molecular weight excluding hydrogens is 1060 g/mol. The van der Waals surface area contributed by atoms with Gasteiger partial charge in [-0.2, -0.15) is 0 Å². The Morgan fingerprint density at radius 3 is 1.44 bits per heavy atom. The summed E-state index contributed by atoms with van der Waals surface area (Å²) in [5, 5.41) is 24.7. The van der Waals surface area contributed by atoms with Crippen molar-refractivity contribution in [3.05, 3.63) is 0 Å². The van der Waals surface area contributed by atoms with Crippen molar-refractivity contribution in [2.24, 2.45) is 0 Å². The van der Waals surface area contributed by atoms with Gasteiger partial charge in [0.05, 0.1) is 13.5 Å². The molecule has 6 amide bonds. The van der Waals surface area contributed by atoms with E-state index < -0.39 is 29.3 Å². The number of carbonyl (C=O) groups excluding carboxylic acids is 9. The highest BCUT2D eigenvalue weighted by atomic mass is 33.1. The van der Waals surface area contributed by atoms with E-state index in [0.717, 1.165) is 18.6 Å². The number of ketones is 1. The molecule has 0 aliphatic carbocycles. The van der Waals surface area contributed by atoms with Crippen LogP contribution in [0.5, 0.6) is 0 Å². The minimum Gasteiger partial charge on any atom is -0.481 e. The van der Waals surface area contributed by atoms with Crippen LogP contribution in [0.4, 0.5) is 0 Å². The number of carboxylic acids is 1. The van der Waals surface area contributed by atoms with E-state index in [4.69, 9.17) is 14.7 Å². The molecule has 0 aromatic heterocycles.